The Morgan fingerprint density at radius 1 is 1.07 bits per heavy atom. The smallest absolute Gasteiger partial charge is 0.210 e. The van der Waals surface area contributed by atoms with Crippen molar-refractivity contribution in [3.8, 4) is 11.4 Å². The molecule has 27 heavy (non-hydrogen) atoms. The number of hydrogen-bond donors (Lipinski definition) is 2. The highest BCUT2D eigenvalue weighted by molar-refractivity contribution is 9.10. The highest BCUT2D eigenvalue weighted by atomic mass is 79.9. The zero-order valence-corrected chi connectivity index (χ0v) is 17.3. The van der Waals surface area contributed by atoms with E-state index >= 15 is 0 Å². The van der Waals surface area contributed by atoms with Gasteiger partial charge in [-0.2, -0.15) is 0 Å². The van der Waals surface area contributed by atoms with Crippen molar-refractivity contribution in [1.82, 2.24) is 19.9 Å². The normalized spacial score (nSPS) is 10.9. The van der Waals surface area contributed by atoms with E-state index < -0.39 is 0 Å². The van der Waals surface area contributed by atoms with Crippen LogP contribution in [-0.4, -0.2) is 19.9 Å². The molecule has 0 saturated carbocycles. The third-order valence-corrected chi connectivity index (χ3v) is 6.18. The maximum absolute atomic E-state index is 6.20. The van der Waals surface area contributed by atoms with Crippen LogP contribution in [0.1, 0.15) is 5.69 Å². The number of anilines is 2. The minimum Gasteiger partial charge on any atom is -0.335 e. The standard InChI is InChI=1S/C18H15BrN6S2/c19-15-9-5-4-8-14(15)16-23-24-18(25(16)20)27-11-13-10-26-17(22-13)21-12-6-2-1-3-7-12/h1-10H,11,20H2,(H,21,22). The van der Waals surface area contributed by atoms with E-state index in [0.717, 1.165) is 26.5 Å². The van der Waals surface area contributed by atoms with E-state index in [4.69, 9.17) is 5.84 Å². The number of hydrogen-bond acceptors (Lipinski definition) is 7. The topological polar surface area (TPSA) is 81.6 Å². The van der Waals surface area contributed by atoms with E-state index in [9.17, 15) is 0 Å². The third-order valence-electron chi connectivity index (χ3n) is 3.71. The van der Waals surface area contributed by atoms with Gasteiger partial charge in [-0.1, -0.05) is 58.0 Å². The molecule has 0 radical (unpaired) electrons. The van der Waals surface area contributed by atoms with Crippen molar-refractivity contribution in [2.45, 2.75) is 10.9 Å². The van der Waals surface area contributed by atoms with E-state index in [0.29, 0.717) is 16.7 Å². The largest absolute Gasteiger partial charge is 0.335 e. The van der Waals surface area contributed by atoms with E-state index in [1.807, 2.05) is 60.0 Å². The average molecular weight is 459 g/mol. The molecule has 0 spiro atoms. The van der Waals surface area contributed by atoms with Gasteiger partial charge in [0.1, 0.15) is 0 Å². The van der Waals surface area contributed by atoms with Crippen molar-refractivity contribution in [2.75, 3.05) is 11.2 Å². The molecule has 0 unspecified atom stereocenters. The molecule has 0 bridgehead atoms. The molecule has 0 fully saturated rings. The van der Waals surface area contributed by atoms with Crippen LogP contribution in [0, 0.1) is 0 Å². The maximum Gasteiger partial charge on any atom is 0.210 e. The Balaban J connectivity index is 1.43. The van der Waals surface area contributed by atoms with Crippen LogP contribution in [0.2, 0.25) is 0 Å². The van der Waals surface area contributed by atoms with Crippen molar-refractivity contribution in [3.05, 3.63) is 70.1 Å². The lowest BCUT2D eigenvalue weighted by molar-refractivity contribution is 0.849. The summed E-state index contributed by atoms with van der Waals surface area (Å²) < 4.78 is 2.44. The molecule has 2 aromatic heterocycles. The average Bonchev–Trinajstić information content (AvgIpc) is 3.28. The summed E-state index contributed by atoms with van der Waals surface area (Å²) in [5.74, 6) is 7.48. The Kier molecular flexibility index (Phi) is 5.42. The Labute approximate surface area is 173 Å². The first-order valence-electron chi connectivity index (χ1n) is 8.05. The number of thioether (sulfide) groups is 1. The van der Waals surface area contributed by atoms with E-state index in [-0.39, 0.29) is 0 Å². The summed E-state index contributed by atoms with van der Waals surface area (Å²) in [4.78, 5) is 4.61. The summed E-state index contributed by atoms with van der Waals surface area (Å²) in [6.45, 7) is 0. The van der Waals surface area contributed by atoms with Gasteiger partial charge in [0.25, 0.3) is 0 Å². The summed E-state index contributed by atoms with van der Waals surface area (Å²) in [6.07, 6.45) is 0. The summed E-state index contributed by atoms with van der Waals surface area (Å²) in [5, 5.41) is 15.3. The summed E-state index contributed by atoms with van der Waals surface area (Å²) in [6, 6.07) is 17.8. The molecule has 2 aromatic carbocycles. The second-order valence-corrected chi connectivity index (χ2v) is 8.23. The number of nitrogens with one attached hydrogen (secondary N) is 1. The zero-order chi connectivity index (χ0) is 18.6. The second kappa shape index (κ2) is 8.12. The second-order valence-electron chi connectivity index (χ2n) is 5.58. The number of aromatic nitrogens is 4. The van der Waals surface area contributed by atoms with Gasteiger partial charge in [0.2, 0.25) is 5.16 Å². The van der Waals surface area contributed by atoms with Gasteiger partial charge < -0.3 is 11.2 Å². The molecular formula is C18H15BrN6S2. The Morgan fingerprint density at radius 3 is 2.67 bits per heavy atom. The molecule has 4 aromatic rings. The van der Waals surface area contributed by atoms with Crippen molar-refractivity contribution in [2.24, 2.45) is 0 Å². The van der Waals surface area contributed by atoms with Gasteiger partial charge >= 0.3 is 0 Å². The molecule has 2 heterocycles. The molecule has 0 aliphatic rings. The van der Waals surface area contributed by atoms with Gasteiger partial charge in [-0.3, -0.25) is 0 Å². The van der Waals surface area contributed by atoms with Crippen molar-refractivity contribution in [1.29, 1.82) is 0 Å². The minimum absolute atomic E-state index is 0.620. The van der Waals surface area contributed by atoms with Crippen LogP contribution < -0.4 is 11.2 Å². The molecular weight excluding hydrogens is 444 g/mol. The first kappa shape index (κ1) is 18.0. The van der Waals surface area contributed by atoms with E-state index in [1.165, 1.54) is 16.4 Å². The van der Waals surface area contributed by atoms with Gasteiger partial charge in [-0.15, -0.1) is 21.5 Å². The fourth-order valence-electron chi connectivity index (χ4n) is 2.42. The Hall–Kier alpha value is -2.36. The zero-order valence-electron chi connectivity index (χ0n) is 14.0. The van der Waals surface area contributed by atoms with Gasteiger partial charge in [0.15, 0.2) is 11.0 Å². The molecule has 4 rings (SSSR count). The first-order chi connectivity index (χ1) is 13.2. The summed E-state index contributed by atoms with van der Waals surface area (Å²) >= 11 is 6.60. The van der Waals surface area contributed by atoms with Crippen LogP contribution in [0.15, 0.2) is 69.6 Å². The first-order valence-corrected chi connectivity index (χ1v) is 10.7. The predicted molar refractivity (Wildman–Crippen MR) is 115 cm³/mol. The van der Waals surface area contributed by atoms with Gasteiger partial charge in [0.05, 0.1) is 5.69 Å². The highest BCUT2D eigenvalue weighted by Crippen LogP contribution is 2.30. The number of thiazole rings is 1. The lowest BCUT2D eigenvalue weighted by Gasteiger charge is -2.04. The van der Waals surface area contributed by atoms with Crippen LogP contribution in [0.3, 0.4) is 0 Å². The minimum atomic E-state index is 0.620. The van der Waals surface area contributed by atoms with Crippen LogP contribution >= 0.6 is 39.0 Å². The molecule has 0 aliphatic heterocycles. The number of benzene rings is 2. The molecule has 0 aliphatic carbocycles. The fraction of sp³-hybridized carbons (Fsp3) is 0.0556. The predicted octanol–water partition coefficient (Wildman–Crippen LogP) is 4.91. The lowest BCUT2D eigenvalue weighted by atomic mass is 10.2. The maximum atomic E-state index is 6.20. The van der Waals surface area contributed by atoms with Crippen molar-refractivity contribution in [3.63, 3.8) is 0 Å². The Morgan fingerprint density at radius 2 is 1.85 bits per heavy atom. The van der Waals surface area contributed by atoms with Crippen LogP contribution in [0.5, 0.6) is 0 Å². The van der Waals surface area contributed by atoms with Gasteiger partial charge in [0, 0.05) is 26.9 Å². The number of halogens is 1. The quantitative estimate of drug-likeness (QED) is 0.315. The molecule has 3 N–H and O–H groups in total. The fourth-order valence-corrected chi connectivity index (χ4v) is 4.46. The molecule has 0 saturated heterocycles. The molecule has 0 amide bonds. The number of nitrogen functional groups attached to an aromatic ring is 1. The number of para-hydroxylation sites is 1. The highest BCUT2D eigenvalue weighted by Gasteiger charge is 2.15. The molecule has 136 valence electrons. The lowest BCUT2D eigenvalue weighted by Crippen LogP contribution is -2.11. The molecule has 0 atom stereocenters. The summed E-state index contributed by atoms with van der Waals surface area (Å²) in [5.41, 5.74) is 2.89. The van der Waals surface area contributed by atoms with Crippen LogP contribution in [-0.2, 0) is 5.75 Å². The van der Waals surface area contributed by atoms with E-state index in [1.54, 1.807) is 11.3 Å². The van der Waals surface area contributed by atoms with Gasteiger partial charge in [-0.25, -0.2) is 9.66 Å². The van der Waals surface area contributed by atoms with E-state index in [2.05, 4.69) is 36.4 Å². The van der Waals surface area contributed by atoms with Gasteiger partial charge in [-0.05, 0) is 24.3 Å². The molecule has 9 heteroatoms. The molecule has 6 nitrogen and oxygen atoms in total. The van der Waals surface area contributed by atoms with Crippen LogP contribution in [0.25, 0.3) is 11.4 Å². The summed E-state index contributed by atoms with van der Waals surface area (Å²) in [7, 11) is 0. The third kappa shape index (κ3) is 4.15. The number of nitrogens with two attached hydrogens (primary N) is 1. The monoisotopic (exact) mass is 458 g/mol. The number of rotatable bonds is 6. The number of nitrogens with zero attached hydrogens (tertiary/aromatic N) is 4. The SMILES string of the molecule is Nn1c(SCc2csc(Nc3ccccc3)n2)nnc1-c1ccccc1Br. The van der Waals surface area contributed by atoms with Crippen LogP contribution in [0.4, 0.5) is 10.8 Å². The van der Waals surface area contributed by atoms with Crippen molar-refractivity contribution < 1.29 is 0 Å². The Bertz CT molecular complexity index is 1050. The van der Waals surface area contributed by atoms with Crippen molar-refractivity contribution >= 4 is 49.8 Å².